The van der Waals surface area contributed by atoms with E-state index >= 15 is 0 Å². The first-order chi connectivity index (χ1) is 10.5. The summed E-state index contributed by atoms with van der Waals surface area (Å²) < 4.78 is 10.4. The fraction of sp³-hybridized carbons (Fsp3) is 0.625. The summed E-state index contributed by atoms with van der Waals surface area (Å²) in [6, 6.07) is 0. The third-order valence-corrected chi connectivity index (χ3v) is 5.40. The van der Waals surface area contributed by atoms with Gasteiger partial charge in [0.05, 0.1) is 24.2 Å². The summed E-state index contributed by atoms with van der Waals surface area (Å²) in [5.41, 5.74) is 6.97. The van der Waals surface area contributed by atoms with E-state index < -0.39 is 5.41 Å². The van der Waals surface area contributed by atoms with E-state index in [0.29, 0.717) is 43.0 Å². The molecule has 22 heavy (non-hydrogen) atoms. The molecule has 122 valence electrons. The molecule has 1 unspecified atom stereocenters. The van der Waals surface area contributed by atoms with Crippen molar-refractivity contribution in [3.63, 3.8) is 0 Å². The molecule has 0 saturated carbocycles. The van der Waals surface area contributed by atoms with Crippen LogP contribution >= 0.6 is 11.3 Å². The van der Waals surface area contributed by atoms with Crippen LogP contribution in [0.15, 0.2) is 0 Å². The van der Waals surface area contributed by atoms with Crippen LogP contribution in [0.4, 0.5) is 5.00 Å². The molecule has 5 nitrogen and oxygen atoms in total. The van der Waals surface area contributed by atoms with E-state index in [4.69, 9.17) is 15.2 Å². The van der Waals surface area contributed by atoms with E-state index in [0.717, 1.165) is 16.9 Å². The molecule has 2 rings (SSSR count). The lowest BCUT2D eigenvalue weighted by Crippen LogP contribution is -2.37. The third kappa shape index (κ3) is 2.84. The Morgan fingerprint density at radius 2 is 1.91 bits per heavy atom. The molecule has 0 fully saturated rings. The predicted octanol–water partition coefficient (Wildman–Crippen LogP) is 2.96. The number of hydrogen-bond acceptors (Lipinski definition) is 6. The minimum atomic E-state index is -0.494. The smallest absolute Gasteiger partial charge is 0.341 e. The fourth-order valence-electron chi connectivity index (χ4n) is 3.03. The van der Waals surface area contributed by atoms with Gasteiger partial charge < -0.3 is 15.2 Å². The highest BCUT2D eigenvalue weighted by Gasteiger charge is 2.43. The first kappa shape index (κ1) is 16.8. The topological polar surface area (TPSA) is 78.6 Å². The molecule has 2 N–H and O–H groups in total. The van der Waals surface area contributed by atoms with Gasteiger partial charge >= 0.3 is 11.9 Å². The van der Waals surface area contributed by atoms with E-state index in [9.17, 15) is 9.59 Å². The highest BCUT2D eigenvalue weighted by atomic mass is 32.1. The Labute approximate surface area is 134 Å². The van der Waals surface area contributed by atoms with Crippen molar-refractivity contribution in [2.45, 2.75) is 46.5 Å². The van der Waals surface area contributed by atoms with Gasteiger partial charge in [-0.2, -0.15) is 0 Å². The molecule has 0 aromatic carbocycles. The second-order valence-electron chi connectivity index (χ2n) is 5.49. The SMILES string of the molecule is CCOC(=O)c1c(N)sc2c1CCC(CC)(C(=O)OCC)C2. The number of rotatable bonds is 5. The van der Waals surface area contributed by atoms with Crippen molar-refractivity contribution in [3.8, 4) is 0 Å². The standard InChI is InChI=1S/C16H23NO4S/c1-4-16(15(19)21-6-3)8-7-10-11(9-16)22-13(17)12(10)14(18)20-5-2/h4-9,17H2,1-3H3. The van der Waals surface area contributed by atoms with Crippen molar-refractivity contribution in [1.82, 2.24) is 0 Å². The number of carbonyl (C=O) groups is 2. The van der Waals surface area contributed by atoms with Gasteiger partial charge in [-0.15, -0.1) is 11.3 Å². The molecule has 0 spiro atoms. The third-order valence-electron chi connectivity index (χ3n) is 4.34. The minimum Gasteiger partial charge on any atom is -0.466 e. The summed E-state index contributed by atoms with van der Waals surface area (Å²) >= 11 is 1.39. The van der Waals surface area contributed by atoms with Gasteiger partial charge in [0.15, 0.2) is 0 Å². The molecule has 1 heterocycles. The Bertz CT molecular complexity index is 581. The molecular weight excluding hydrogens is 302 g/mol. The van der Waals surface area contributed by atoms with Gasteiger partial charge in [0.25, 0.3) is 0 Å². The van der Waals surface area contributed by atoms with Gasteiger partial charge in [0.2, 0.25) is 0 Å². The number of ether oxygens (including phenoxy) is 2. The van der Waals surface area contributed by atoms with Crippen molar-refractivity contribution in [2.24, 2.45) is 5.41 Å². The number of carbonyl (C=O) groups excluding carboxylic acids is 2. The second-order valence-corrected chi connectivity index (χ2v) is 6.63. The van der Waals surface area contributed by atoms with Crippen LogP contribution in [0.25, 0.3) is 0 Å². The maximum Gasteiger partial charge on any atom is 0.341 e. The van der Waals surface area contributed by atoms with Gasteiger partial charge in [-0.3, -0.25) is 4.79 Å². The lowest BCUT2D eigenvalue weighted by molar-refractivity contribution is -0.156. The molecule has 0 aliphatic heterocycles. The molecule has 0 saturated heterocycles. The Morgan fingerprint density at radius 1 is 1.23 bits per heavy atom. The molecule has 0 radical (unpaired) electrons. The summed E-state index contributed by atoms with van der Waals surface area (Å²) in [6.07, 6.45) is 2.64. The molecule has 1 atom stereocenters. The van der Waals surface area contributed by atoms with Gasteiger partial charge in [0.1, 0.15) is 5.00 Å². The molecule has 0 amide bonds. The summed E-state index contributed by atoms with van der Waals surface area (Å²) in [5.74, 6) is -0.509. The van der Waals surface area contributed by atoms with E-state index in [1.165, 1.54) is 11.3 Å². The Morgan fingerprint density at radius 3 is 2.50 bits per heavy atom. The zero-order valence-corrected chi connectivity index (χ0v) is 14.2. The van der Waals surface area contributed by atoms with Crippen LogP contribution in [0.3, 0.4) is 0 Å². The second kappa shape index (κ2) is 6.69. The van der Waals surface area contributed by atoms with Crippen LogP contribution in [-0.4, -0.2) is 25.2 Å². The largest absolute Gasteiger partial charge is 0.466 e. The van der Waals surface area contributed by atoms with Crippen LogP contribution < -0.4 is 5.73 Å². The monoisotopic (exact) mass is 325 g/mol. The van der Waals surface area contributed by atoms with Crippen molar-refractivity contribution in [2.75, 3.05) is 18.9 Å². The Hall–Kier alpha value is -1.56. The quantitative estimate of drug-likeness (QED) is 0.842. The van der Waals surface area contributed by atoms with E-state index in [1.54, 1.807) is 6.92 Å². The molecule has 1 aliphatic carbocycles. The molecule has 1 aromatic heterocycles. The maximum atomic E-state index is 12.3. The van der Waals surface area contributed by atoms with Gasteiger partial charge in [0, 0.05) is 4.88 Å². The van der Waals surface area contributed by atoms with Gasteiger partial charge in [-0.05, 0) is 45.1 Å². The van der Waals surface area contributed by atoms with Crippen LogP contribution in [-0.2, 0) is 27.1 Å². The molecule has 1 aromatic rings. The number of fused-ring (bicyclic) bond motifs is 1. The minimum absolute atomic E-state index is 0.146. The van der Waals surface area contributed by atoms with Crippen molar-refractivity contribution >= 4 is 28.3 Å². The summed E-state index contributed by atoms with van der Waals surface area (Å²) in [4.78, 5) is 25.4. The number of nitrogen functional groups attached to an aromatic ring is 1. The first-order valence-corrected chi connectivity index (χ1v) is 8.55. The van der Waals surface area contributed by atoms with E-state index in [2.05, 4.69) is 0 Å². The van der Waals surface area contributed by atoms with Crippen molar-refractivity contribution in [1.29, 1.82) is 0 Å². The summed E-state index contributed by atoms with van der Waals surface area (Å²) in [5, 5.41) is 0.485. The number of nitrogens with two attached hydrogens (primary N) is 1. The predicted molar refractivity (Wildman–Crippen MR) is 86.1 cm³/mol. The number of esters is 2. The normalized spacial score (nSPS) is 20.3. The van der Waals surface area contributed by atoms with E-state index in [1.807, 2.05) is 13.8 Å². The Kier molecular flexibility index (Phi) is 5.11. The lowest BCUT2D eigenvalue weighted by atomic mass is 9.72. The van der Waals surface area contributed by atoms with Crippen LogP contribution in [0.5, 0.6) is 0 Å². The average molecular weight is 325 g/mol. The summed E-state index contributed by atoms with van der Waals surface area (Å²) in [6.45, 7) is 6.30. The molecule has 0 bridgehead atoms. The number of anilines is 1. The van der Waals surface area contributed by atoms with Crippen LogP contribution in [0.2, 0.25) is 0 Å². The molecule has 6 heteroatoms. The fourth-order valence-corrected chi connectivity index (χ4v) is 4.28. The highest BCUT2D eigenvalue weighted by Crippen LogP contribution is 2.45. The summed E-state index contributed by atoms with van der Waals surface area (Å²) in [7, 11) is 0. The van der Waals surface area contributed by atoms with Gasteiger partial charge in [-0.1, -0.05) is 6.92 Å². The van der Waals surface area contributed by atoms with E-state index in [-0.39, 0.29) is 11.9 Å². The van der Waals surface area contributed by atoms with Crippen LogP contribution in [0.1, 0.15) is 54.4 Å². The number of thiophene rings is 1. The highest BCUT2D eigenvalue weighted by molar-refractivity contribution is 7.16. The lowest BCUT2D eigenvalue weighted by Gasteiger charge is -2.33. The molecular formula is C16H23NO4S. The average Bonchev–Trinajstić information content (AvgIpc) is 2.82. The molecule has 1 aliphatic rings. The Balaban J connectivity index is 2.34. The number of hydrogen-bond donors (Lipinski definition) is 1. The zero-order chi connectivity index (χ0) is 16.3. The zero-order valence-electron chi connectivity index (χ0n) is 13.4. The van der Waals surface area contributed by atoms with Crippen molar-refractivity contribution < 1.29 is 19.1 Å². The maximum absolute atomic E-state index is 12.3. The van der Waals surface area contributed by atoms with Crippen molar-refractivity contribution in [3.05, 3.63) is 16.0 Å². The van der Waals surface area contributed by atoms with Crippen LogP contribution in [0, 0.1) is 5.41 Å². The van der Waals surface area contributed by atoms with Gasteiger partial charge in [-0.25, -0.2) is 4.79 Å². The first-order valence-electron chi connectivity index (χ1n) is 7.73.